The second-order valence-corrected chi connectivity index (χ2v) is 16.2. The number of fused-ring (bicyclic) bond motifs is 2. The minimum absolute atomic E-state index is 0.0109. The molecule has 10 nitrogen and oxygen atoms in total. The van der Waals surface area contributed by atoms with Gasteiger partial charge >= 0.3 is 36.4 Å². The highest BCUT2D eigenvalue weighted by Crippen LogP contribution is 2.59. The number of alkyl halides is 9. The molecule has 6 rings (SSSR count). The number of halogens is 9. The van der Waals surface area contributed by atoms with Crippen LogP contribution in [0.25, 0.3) is 0 Å². The molecule has 0 spiro atoms. The van der Waals surface area contributed by atoms with Gasteiger partial charge in [0.1, 0.15) is 18.8 Å². The second kappa shape index (κ2) is 17.8. The van der Waals surface area contributed by atoms with Gasteiger partial charge in [-0.2, -0.15) is 39.5 Å². The summed E-state index contributed by atoms with van der Waals surface area (Å²) in [5.41, 5.74) is -14.1. The van der Waals surface area contributed by atoms with E-state index in [1.165, 1.54) is 54.6 Å². The molecule has 0 radical (unpaired) electrons. The number of benzene rings is 3. The monoisotopic (exact) mass is 916 g/mol. The van der Waals surface area contributed by atoms with E-state index in [-0.39, 0.29) is 30.4 Å². The number of esters is 3. The van der Waals surface area contributed by atoms with Crippen LogP contribution in [0.3, 0.4) is 0 Å². The Morgan fingerprint density at radius 2 is 1.02 bits per heavy atom. The molecular weight excluding hydrogens is 871 g/mol. The van der Waals surface area contributed by atoms with Crippen LogP contribution in [0.15, 0.2) is 102 Å². The van der Waals surface area contributed by atoms with Crippen LogP contribution in [0.5, 0.6) is 0 Å². The smallest absolute Gasteiger partial charge is 0.432 e. The first-order valence-electron chi connectivity index (χ1n) is 20.0. The van der Waals surface area contributed by atoms with Gasteiger partial charge in [0, 0.05) is 49.0 Å². The average molecular weight is 917 g/mol. The fourth-order valence-corrected chi connectivity index (χ4v) is 9.54. The highest BCUT2D eigenvalue weighted by molar-refractivity contribution is 5.84. The van der Waals surface area contributed by atoms with Crippen LogP contribution < -0.4 is 0 Å². The lowest BCUT2D eigenvalue weighted by atomic mass is 9.52. The van der Waals surface area contributed by atoms with E-state index in [0.29, 0.717) is 21.3 Å². The first-order valence-corrected chi connectivity index (χ1v) is 20.0. The molecule has 2 fully saturated rings. The molecule has 0 saturated heterocycles. The lowest BCUT2D eigenvalue weighted by Crippen LogP contribution is -2.60. The van der Waals surface area contributed by atoms with Gasteiger partial charge in [-0.3, -0.25) is 0 Å². The van der Waals surface area contributed by atoms with Crippen molar-refractivity contribution < 1.29 is 87.1 Å². The number of hydrogen-bond acceptors (Lipinski definition) is 10. The van der Waals surface area contributed by atoms with Gasteiger partial charge in [0.25, 0.3) is 16.8 Å². The standard InChI is InChI=1S/C45H45F9O10/c1-26-21-32(63-37(56)41(59-4,44(49,50)51)29-17-11-7-12-18-29)22-31-23-33-34(27(24-61-33)25-62-36(55)40(58-3,43(46,47)48)28-15-9-6-10-16-28)35(39(26,31)2)64-38(57)42(60-5,45(52,53)54)30-19-13-8-14-20-30/h6-20,26,31-33,35H,21-25H2,1-5H3/t26-,31+,32+,33-,35+,39+,40-,41+,42-/m0/s1. The molecule has 3 aliphatic rings. The summed E-state index contributed by atoms with van der Waals surface area (Å²) in [7, 11) is 2.03. The van der Waals surface area contributed by atoms with E-state index in [1.807, 2.05) is 0 Å². The molecule has 3 aromatic carbocycles. The summed E-state index contributed by atoms with van der Waals surface area (Å²) in [6.07, 6.45) is -20.6. The maximum absolute atomic E-state index is 15.2. The number of methoxy groups -OCH3 is 3. The minimum Gasteiger partial charge on any atom is -0.460 e. The summed E-state index contributed by atoms with van der Waals surface area (Å²) in [5.74, 6) is -7.22. The Morgan fingerprint density at radius 1 is 0.609 bits per heavy atom. The predicted octanol–water partition coefficient (Wildman–Crippen LogP) is 8.82. The van der Waals surface area contributed by atoms with Crippen molar-refractivity contribution in [2.75, 3.05) is 34.5 Å². The van der Waals surface area contributed by atoms with Crippen molar-refractivity contribution in [1.29, 1.82) is 0 Å². The quantitative estimate of drug-likeness (QED) is 0.0714. The fraction of sp³-hybridized carbons (Fsp3) is 0.489. The van der Waals surface area contributed by atoms with Crippen LogP contribution >= 0.6 is 0 Å². The molecule has 0 N–H and O–H groups in total. The van der Waals surface area contributed by atoms with Gasteiger partial charge < -0.3 is 33.2 Å². The number of rotatable bonds is 13. The van der Waals surface area contributed by atoms with Crippen molar-refractivity contribution in [1.82, 2.24) is 0 Å². The summed E-state index contributed by atoms with van der Waals surface area (Å²) in [6, 6.07) is 17.9. The molecule has 0 bridgehead atoms. The highest BCUT2D eigenvalue weighted by atomic mass is 19.4. The fourth-order valence-electron chi connectivity index (χ4n) is 9.54. The molecule has 64 heavy (non-hydrogen) atoms. The number of carbonyl (C=O) groups is 3. The second-order valence-electron chi connectivity index (χ2n) is 16.2. The third kappa shape index (κ3) is 7.85. The Morgan fingerprint density at radius 3 is 1.42 bits per heavy atom. The topological polar surface area (TPSA) is 116 Å². The molecule has 1 aliphatic heterocycles. The SMILES string of the molecule is CO[C@](C(=O)OCC1=C2[C@H](C[C@H]3C[C@H](OC(=O)[C@](OC)(c4ccccc4)C(F)(F)F)C[C@H](C)[C@@]3(C)[C@@H]2OC(=O)[C@@](OC)(c2ccccc2)C(F)(F)F)OC1)(c1ccccc1)C(F)(F)F. The number of hydrogen-bond donors (Lipinski definition) is 0. The van der Waals surface area contributed by atoms with E-state index in [2.05, 4.69) is 0 Å². The van der Waals surface area contributed by atoms with Gasteiger partial charge in [-0.05, 0) is 36.7 Å². The number of carbonyl (C=O) groups excluding carboxylic acids is 3. The molecule has 3 aromatic rings. The Hall–Kier alpha value is -4.98. The zero-order chi connectivity index (χ0) is 47.1. The molecule has 2 saturated carbocycles. The van der Waals surface area contributed by atoms with Gasteiger partial charge in [-0.1, -0.05) is 105 Å². The highest BCUT2D eigenvalue weighted by Gasteiger charge is 2.69. The van der Waals surface area contributed by atoms with Crippen LogP contribution in [0.4, 0.5) is 39.5 Å². The lowest BCUT2D eigenvalue weighted by molar-refractivity contribution is -0.283. The summed E-state index contributed by atoms with van der Waals surface area (Å²) < 4.78 is 172. The first-order chi connectivity index (χ1) is 30.0. The minimum atomic E-state index is -5.44. The molecule has 0 aromatic heterocycles. The molecule has 9 atom stereocenters. The van der Waals surface area contributed by atoms with Crippen LogP contribution in [-0.4, -0.2) is 89.3 Å². The normalized spacial score (nSPS) is 26.6. The van der Waals surface area contributed by atoms with Gasteiger partial charge in [-0.15, -0.1) is 0 Å². The summed E-state index contributed by atoms with van der Waals surface area (Å²) in [6.45, 7) is 1.80. The average Bonchev–Trinajstić information content (AvgIpc) is 3.64. The lowest BCUT2D eigenvalue weighted by Gasteiger charge is -2.56. The van der Waals surface area contributed by atoms with E-state index in [1.54, 1.807) is 13.8 Å². The Balaban J connectivity index is 1.41. The summed E-state index contributed by atoms with van der Waals surface area (Å²) >= 11 is 0. The van der Waals surface area contributed by atoms with Crippen molar-refractivity contribution in [2.24, 2.45) is 17.3 Å². The largest absolute Gasteiger partial charge is 0.460 e. The van der Waals surface area contributed by atoms with Crippen molar-refractivity contribution >= 4 is 17.9 Å². The molecular formula is C45H45F9O10. The van der Waals surface area contributed by atoms with E-state index in [0.717, 1.165) is 36.4 Å². The van der Waals surface area contributed by atoms with E-state index in [9.17, 15) is 40.7 Å². The zero-order valence-electron chi connectivity index (χ0n) is 35.1. The Labute approximate surface area is 361 Å². The van der Waals surface area contributed by atoms with Gasteiger partial charge in [0.2, 0.25) is 0 Å². The van der Waals surface area contributed by atoms with Crippen LogP contribution in [0, 0.1) is 17.3 Å². The molecule has 19 heteroatoms. The third-order valence-corrected chi connectivity index (χ3v) is 13.1. The zero-order valence-corrected chi connectivity index (χ0v) is 35.1. The predicted molar refractivity (Wildman–Crippen MR) is 206 cm³/mol. The third-order valence-electron chi connectivity index (χ3n) is 13.1. The van der Waals surface area contributed by atoms with Crippen molar-refractivity contribution in [3.8, 4) is 0 Å². The van der Waals surface area contributed by atoms with Crippen LogP contribution in [0.1, 0.15) is 49.8 Å². The molecule has 2 aliphatic carbocycles. The maximum atomic E-state index is 15.2. The molecule has 1 heterocycles. The van der Waals surface area contributed by atoms with Gasteiger partial charge in [0.15, 0.2) is 0 Å². The molecule has 0 amide bonds. The van der Waals surface area contributed by atoms with Crippen LogP contribution in [0.2, 0.25) is 0 Å². The van der Waals surface area contributed by atoms with E-state index < -0.39 is 119 Å². The van der Waals surface area contributed by atoms with Crippen molar-refractivity contribution in [3.05, 3.63) is 119 Å². The number of ether oxygens (including phenoxy) is 7. The molecule has 348 valence electrons. The van der Waals surface area contributed by atoms with Crippen molar-refractivity contribution in [3.63, 3.8) is 0 Å². The van der Waals surface area contributed by atoms with E-state index >= 15 is 13.2 Å². The Kier molecular flexibility index (Phi) is 13.5. The van der Waals surface area contributed by atoms with Gasteiger partial charge in [0.05, 0.1) is 12.7 Å². The van der Waals surface area contributed by atoms with Crippen molar-refractivity contribution in [2.45, 2.75) is 86.8 Å². The van der Waals surface area contributed by atoms with E-state index in [4.69, 9.17) is 33.2 Å². The van der Waals surface area contributed by atoms with Crippen LogP contribution in [-0.2, 0) is 64.3 Å². The summed E-state index contributed by atoms with van der Waals surface area (Å²) in [4.78, 5) is 41.7. The van der Waals surface area contributed by atoms with Gasteiger partial charge in [-0.25, -0.2) is 14.4 Å². The maximum Gasteiger partial charge on any atom is 0.432 e. The Bertz CT molecular complexity index is 2180. The first kappa shape index (κ1) is 48.5. The summed E-state index contributed by atoms with van der Waals surface area (Å²) in [5, 5.41) is 0. The molecule has 0 unspecified atom stereocenters.